The van der Waals surface area contributed by atoms with Gasteiger partial charge in [-0.05, 0) is 43.3 Å². The first kappa shape index (κ1) is 23.8. The molecule has 0 radical (unpaired) electrons. The third kappa shape index (κ3) is 5.26. The van der Waals surface area contributed by atoms with Crippen LogP contribution in [-0.4, -0.2) is 55.0 Å². The molecule has 1 aliphatic rings. The number of carbonyl (C=O) groups is 1. The van der Waals surface area contributed by atoms with Crippen LogP contribution in [0.3, 0.4) is 0 Å². The van der Waals surface area contributed by atoms with Crippen molar-refractivity contribution in [3.63, 3.8) is 0 Å². The fourth-order valence-electron chi connectivity index (χ4n) is 3.68. The first-order valence-electron chi connectivity index (χ1n) is 11.3. The van der Waals surface area contributed by atoms with Gasteiger partial charge in [0.05, 0.1) is 10.6 Å². The van der Waals surface area contributed by atoms with Gasteiger partial charge in [-0.25, -0.2) is 8.42 Å². The Morgan fingerprint density at radius 3 is 2.09 bits per heavy atom. The van der Waals surface area contributed by atoms with E-state index in [-0.39, 0.29) is 16.7 Å². The molecule has 4 rings (SSSR count). The number of aromatic nitrogens is 2. The van der Waals surface area contributed by atoms with E-state index < -0.39 is 10.0 Å². The van der Waals surface area contributed by atoms with Crippen LogP contribution in [0.4, 0.5) is 11.5 Å². The van der Waals surface area contributed by atoms with E-state index in [1.807, 2.05) is 48.2 Å². The zero-order valence-corrected chi connectivity index (χ0v) is 20.4. The zero-order valence-electron chi connectivity index (χ0n) is 19.6. The number of nitrogens with zero attached hydrogens (tertiary/aromatic N) is 4. The van der Waals surface area contributed by atoms with Crippen molar-refractivity contribution in [2.45, 2.75) is 25.7 Å². The molecule has 1 aliphatic heterocycles. The zero-order chi connectivity index (χ0) is 24.3. The van der Waals surface area contributed by atoms with Crippen LogP contribution in [0.5, 0.6) is 0 Å². The Kier molecular flexibility index (Phi) is 6.95. The van der Waals surface area contributed by atoms with E-state index in [9.17, 15) is 13.2 Å². The highest BCUT2D eigenvalue weighted by Gasteiger charge is 2.29. The molecule has 3 aromatic rings. The van der Waals surface area contributed by atoms with Gasteiger partial charge in [0.1, 0.15) is 0 Å². The molecule has 1 amide bonds. The number of amides is 1. The summed E-state index contributed by atoms with van der Waals surface area (Å²) in [6.45, 7) is 7.42. The van der Waals surface area contributed by atoms with Gasteiger partial charge in [0.2, 0.25) is 15.9 Å². The second-order valence-corrected chi connectivity index (χ2v) is 10.6. The number of nitrogens with one attached hydrogen (secondary N) is 1. The molecule has 34 heavy (non-hydrogen) atoms. The third-order valence-corrected chi connectivity index (χ3v) is 7.76. The number of sulfonamides is 1. The summed E-state index contributed by atoms with van der Waals surface area (Å²) in [4.78, 5) is 14.1. The molecule has 0 aliphatic carbocycles. The number of hydrogen-bond acceptors (Lipinski definition) is 6. The summed E-state index contributed by atoms with van der Waals surface area (Å²) in [6.07, 6.45) is 0. The van der Waals surface area contributed by atoms with E-state index in [1.165, 1.54) is 22.0 Å². The van der Waals surface area contributed by atoms with Crippen LogP contribution < -0.4 is 10.2 Å². The average Bonchev–Trinajstić information content (AvgIpc) is 2.85. The van der Waals surface area contributed by atoms with Crippen LogP contribution >= 0.6 is 0 Å². The maximum absolute atomic E-state index is 13.1. The van der Waals surface area contributed by atoms with Gasteiger partial charge >= 0.3 is 0 Å². The lowest BCUT2D eigenvalue weighted by molar-refractivity contribution is -0.118. The number of aryl methyl sites for hydroxylation is 1. The van der Waals surface area contributed by atoms with Crippen LogP contribution in [-0.2, 0) is 14.8 Å². The topological polar surface area (TPSA) is 95.5 Å². The molecule has 178 valence electrons. The number of anilines is 2. The number of carbonyl (C=O) groups excluding carboxylic acids is 1. The van der Waals surface area contributed by atoms with Crippen molar-refractivity contribution in [1.29, 1.82) is 0 Å². The Morgan fingerprint density at radius 1 is 0.882 bits per heavy atom. The molecule has 2 aromatic carbocycles. The molecule has 0 saturated carbocycles. The van der Waals surface area contributed by atoms with Gasteiger partial charge in [-0.15, -0.1) is 10.2 Å². The number of benzene rings is 2. The highest BCUT2D eigenvalue weighted by Crippen LogP contribution is 2.23. The minimum atomic E-state index is -3.62. The Balaban J connectivity index is 1.38. The quantitative estimate of drug-likeness (QED) is 0.581. The molecule has 1 aromatic heterocycles. The summed E-state index contributed by atoms with van der Waals surface area (Å²) in [5.41, 5.74) is 3.58. The molecule has 0 unspecified atom stereocenters. The van der Waals surface area contributed by atoms with Crippen LogP contribution in [0.25, 0.3) is 11.3 Å². The highest BCUT2D eigenvalue weighted by molar-refractivity contribution is 7.89. The third-order valence-electron chi connectivity index (χ3n) is 5.84. The first-order valence-corrected chi connectivity index (χ1v) is 12.7. The summed E-state index contributed by atoms with van der Waals surface area (Å²) < 4.78 is 27.7. The number of hydrogen-bond donors (Lipinski definition) is 1. The summed E-state index contributed by atoms with van der Waals surface area (Å²) in [7, 11) is -3.62. The SMILES string of the molecule is Cc1ccc(-c2ccc(N3CCN(S(=O)(=O)c4ccc(NC(=O)C(C)C)cc4)CC3)nn2)cc1. The van der Waals surface area contributed by atoms with Crippen molar-refractivity contribution in [3.8, 4) is 11.3 Å². The highest BCUT2D eigenvalue weighted by atomic mass is 32.2. The standard InChI is InChI=1S/C25H29N5O3S/c1-18(2)25(31)26-21-8-10-22(11-9-21)34(32,33)30-16-14-29(15-17-30)24-13-12-23(27-28-24)20-6-4-19(3)5-7-20/h4-13,18H,14-17H2,1-3H3,(H,26,31). The van der Waals surface area contributed by atoms with Gasteiger partial charge in [0, 0.05) is 43.3 Å². The van der Waals surface area contributed by atoms with E-state index in [2.05, 4.69) is 15.5 Å². The normalized spacial score (nSPS) is 14.9. The second-order valence-electron chi connectivity index (χ2n) is 8.70. The molecular weight excluding hydrogens is 450 g/mol. The van der Waals surface area contributed by atoms with E-state index >= 15 is 0 Å². The van der Waals surface area contributed by atoms with Crippen LogP contribution in [0.15, 0.2) is 65.6 Å². The van der Waals surface area contributed by atoms with Crippen molar-refractivity contribution in [3.05, 3.63) is 66.2 Å². The van der Waals surface area contributed by atoms with E-state index in [1.54, 1.807) is 26.0 Å². The predicted octanol–water partition coefficient (Wildman–Crippen LogP) is 3.56. The lowest BCUT2D eigenvalue weighted by Gasteiger charge is -2.34. The van der Waals surface area contributed by atoms with Gasteiger partial charge in [-0.3, -0.25) is 4.79 Å². The minimum Gasteiger partial charge on any atom is -0.352 e. The maximum atomic E-state index is 13.1. The van der Waals surface area contributed by atoms with Crippen molar-refractivity contribution < 1.29 is 13.2 Å². The Labute approximate surface area is 200 Å². The smallest absolute Gasteiger partial charge is 0.243 e. The average molecular weight is 480 g/mol. The molecule has 0 bridgehead atoms. The van der Waals surface area contributed by atoms with Crippen molar-refractivity contribution >= 4 is 27.4 Å². The van der Waals surface area contributed by atoms with Gasteiger partial charge in [-0.1, -0.05) is 43.7 Å². The molecule has 0 spiro atoms. The largest absolute Gasteiger partial charge is 0.352 e. The van der Waals surface area contributed by atoms with E-state index in [0.717, 1.165) is 17.1 Å². The second kappa shape index (κ2) is 9.90. The lowest BCUT2D eigenvalue weighted by Crippen LogP contribution is -2.49. The molecule has 2 heterocycles. The van der Waals surface area contributed by atoms with Crippen molar-refractivity contribution in [1.82, 2.24) is 14.5 Å². The van der Waals surface area contributed by atoms with Crippen LogP contribution in [0, 0.1) is 12.8 Å². The molecule has 8 nitrogen and oxygen atoms in total. The summed E-state index contributed by atoms with van der Waals surface area (Å²) in [5, 5.41) is 11.5. The van der Waals surface area contributed by atoms with Crippen LogP contribution in [0.1, 0.15) is 19.4 Å². The number of rotatable bonds is 6. The molecular formula is C25H29N5O3S. The maximum Gasteiger partial charge on any atom is 0.243 e. The lowest BCUT2D eigenvalue weighted by atomic mass is 10.1. The monoisotopic (exact) mass is 479 g/mol. The Morgan fingerprint density at radius 2 is 1.53 bits per heavy atom. The van der Waals surface area contributed by atoms with Gasteiger partial charge in [0.25, 0.3) is 0 Å². The van der Waals surface area contributed by atoms with Gasteiger partial charge in [0.15, 0.2) is 5.82 Å². The van der Waals surface area contributed by atoms with Crippen molar-refractivity contribution in [2.24, 2.45) is 5.92 Å². The summed E-state index contributed by atoms with van der Waals surface area (Å²) >= 11 is 0. The number of piperazine rings is 1. The summed E-state index contributed by atoms with van der Waals surface area (Å²) in [5.74, 6) is 0.475. The Hall–Kier alpha value is -3.30. The molecule has 0 atom stereocenters. The van der Waals surface area contributed by atoms with Gasteiger partial charge < -0.3 is 10.2 Å². The van der Waals surface area contributed by atoms with Crippen LogP contribution in [0.2, 0.25) is 0 Å². The van der Waals surface area contributed by atoms with E-state index in [0.29, 0.717) is 31.9 Å². The molecule has 9 heteroatoms. The molecule has 1 saturated heterocycles. The fourth-order valence-corrected chi connectivity index (χ4v) is 5.10. The van der Waals surface area contributed by atoms with Crippen molar-refractivity contribution in [2.75, 3.05) is 36.4 Å². The summed E-state index contributed by atoms with van der Waals surface area (Å²) in [6, 6.07) is 18.3. The molecule has 1 fully saturated rings. The minimum absolute atomic E-state index is 0.110. The Bertz CT molecular complexity index is 1230. The van der Waals surface area contributed by atoms with Gasteiger partial charge in [-0.2, -0.15) is 4.31 Å². The first-order chi connectivity index (χ1) is 16.2. The van der Waals surface area contributed by atoms with E-state index in [4.69, 9.17) is 0 Å². The predicted molar refractivity (Wildman–Crippen MR) is 133 cm³/mol. The molecule has 1 N–H and O–H groups in total. The fraction of sp³-hybridized carbons (Fsp3) is 0.320.